The summed E-state index contributed by atoms with van der Waals surface area (Å²) in [6, 6.07) is 0. The van der Waals surface area contributed by atoms with E-state index in [1.807, 2.05) is 13.8 Å². The van der Waals surface area contributed by atoms with Crippen LogP contribution in [0.2, 0.25) is 0 Å². The van der Waals surface area contributed by atoms with Gasteiger partial charge in [0.25, 0.3) is 0 Å². The molecule has 0 aromatic carbocycles. The summed E-state index contributed by atoms with van der Waals surface area (Å²) in [5.41, 5.74) is 0. The Balaban J connectivity index is 3.80. The topological polar surface area (TPSA) is 54.4 Å². The molecule has 0 radical (unpaired) electrons. The molecule has 1 atom stereocenters. The summed E-state index contributed by atoms with van der Waals surface area (Å²) in [5, 5.41) is 8.94. The molecule has 11 heavy (non-hydrogen) atoms. The van der Waals surface area contributed by atoms with Gasteiger partial charge in [0.2, 0.25) is 0 Å². The van der Waals surface area contributed by atoms with Crippen LogP contribution in [0.15, 0.2) is 0 Å². The van der Waals surface area contributed by atoms with Crippen LogP contribution in [0, 0.1) is 5.92 Å². The van der Waals surface area contributed by atoms with Crippen molar-refractivity contribution in [2.45, 2.75) is 26.4 Å². The number of aliphatic hydroxyl groups is 1. The largest absolute Gasteiger partial charge is 0.392 e. The van der Waals surface area contributed by atoms with Crippen molar-refractivity contribution in [1.29, 1.82) is 0 Å². The Morgan fingerprint density at radius 2 is 1.91 bits per heavy atom. The average Bonchev–Trinajstić information content (AvgIpc) is 1.53. The van der Waals surface area contributed by atoms with Crippen molar-refractivity contribution < 1.29 is 17.4 Å². The average molecular weight is 184 g/mol. The number of aliphatic hydroxyl groups excluding tert-OH is 1. The van der Waals surface area contributed by atoms with Gasteiger partial charge in [-0.25, -0.2) is 0 Å². The second kappa shape index (κ2) is 4.01. The zero-order valence-electron chi connectivity index (χ0n) is 6.62. The minimum Gasteiger partial charge on any atom is -0.392 e. The molecular weight excluding hydrogens is 171 g/mol. The van der Waals surface area contributed by atoms with Crippen LogP contribution in [0.1, 0.15) is 20.3 Å². The number of halogens is 1. The summed E-state index contributed by atoms with van der Waals surface area (Å²) in [6.45, 7) is 3.65. The summed E-state index contributed by atoms with van der Waals surface area (Å²) < 4.78 is 31.9. The fraction of sp³-hybridized carbons (Fsp3) is 1.00. The van der Waals surface area contributed by atoms with Crippen molar-refractivity contribution in [3.05, 3.63) is 0 Å². The van der Waals surface area contributed by atoms with Crippen LogP contribution in [0.25, 0.3) is 0 Å². The van der Waals surface area contributed by atoms with Crippen LogP contribution >= 0.6 is 0 Å². The number of hydrogen-bond donors (Lipinski definition) is 1. The third kappa shape index (κ3) is 7.74. The van der Waals surface area contributed by atoms with E-state index >= 15 is 0 Å². The molecule has 3 nitrogen and oxygen atoms in total. The SMILES string of the molecule is CC(C)CC(O)CS(=O)(=O)F. The second-order valence-electron chi connectivity index (χ2n) is 2.99. The quantitative estimate of drug-likeness (QED) is 0.654. The lowest BCUT2D eigenvalue weighted by molar-refractivity contribution is 0.169. The smallest absolute Gasteiger partial charge is 0.304 e. The monoisotopic (exact) mass is 184 g/mol. The Kier molecular flexibility index (Phi) is 3.96. The van der Waals surface area contributed by atoms with Crippen LogP contribution in [0.5, 0.6) is 0 Å². The predicted molar refractivity (Wildman–Crippen MR) is 40.4 cm³/mol. The van der Waals surface area contributed by atoms with Crippen LogP contribution in [-0.4, -0.2) is 25.4 Å². The van der Waals surface area contributed by atoms with Gasteiger partial charge in [-0.15, -0.1) is 3.89 Å². The molecule has 0 rings (SSSR count). The van der Waals surface area contributed by atoms with Gasteiger partial charge < -0.3 is 5.11 Å². The fourth-order valence-corrected chi connectivity index (χ4v) is 1.44. The Morgan fingerprint density at radius 3 is 2.18 bits per heavy atom. The maximum Gasteiger partial charge on any atom is 0.304 e. The number of hydrogen-bond acceptors (Lipinski definition) is 3. The summed E-state index contributed by atoms with van der Waals surface area (Å²) in [7, 11) is -4.52. The third-order valence-corrected chi connectivity index (χ3v) is 1.92. The molecule has 0 bridgehead atoms. The first-order valence-electron chi connectivity index (χ1n) is 3.41. The standard InChI is InChI=1S/C6H13FO3S/c1-5(2)3-6(8)4-11(7,9)10/h5-6,8H,3-4H2,1-2H3. The van der Waals surface area contributed by atoms with Gasteiger partial charge in [0, 0.05) is 0 Å². The number of rotatable bonds is 4. The molecule has 68 valence electrons. The zero-order valence-corrected chi connectivity index (χ0v) is 7.44. The van der Waals surface area contributed by atoms with Crippen molar-refractivity contribution >= 4 is 10.2 Å². The molecule has 0 aromatic rings. The highest BCUT2D eigenvalue weighted by molar-refractivity contribution is 7.86. The molecule has 0 heterocycles. The van der Waals surface area contributed by atoms with Crippen LogP contribution in [0.3, 0.4) is 0 Å². The van der Waals surface area contributed by atoms with Gasteiger partial charge in [0.15, 0.2) is 0 Å². The third-order valence-electron chi connectivity index (χ3n) is 1.13. The molecule has 0 aromatic heterocycles. The zero-order chi connectivity index (χ0) is 9.07. The fourth-order valence-electron chi connectivity index (χ4n) is 0.842. The van der Waals surface area contributed by atoms with Crippen LogP contribution in [0.4, 0.5) is 3.89 Å². The molecule has 0 aliphatic heterocycles. The van der Waals surface area contributed by atoms with E-state index in [1.165, 1.54) is 0 Å². The molecule has 0 saturated heterocycles. The van der Waals surface area contributed by atoms with Gasteiger partial charge in [-0.2, -0.15) is 8.42 Å². The highest BCUT2D eigenvalue weighted by Gasteiger charge is 2.16. The van der Waals surface area contributed by atoms with E-state index in [2.05, 4.69) is 0 Å². The maximum absolute atomic E-state index is 11.9. The van der Waals surface area contributed by atoms with Gasteiger partial charge in [-0.05, 0) is 12.3 Å². The summed E-state index contributed by atoms with van der Waals surface area (Å²) in [6.07, 6.45) is -0.770. The molecule has 0 spiro atoms. The van der Waals surface area contributed by atoms with Crippen molar-refractivity contribution in [3.63, 3.8) is 0 Å². The van der Waals surface area contributed by atoms with E-state index in [1.54, 1.807) is 0 Å². The van der Waals surface area contributed by atoms with E-state index in [0.29, 0.717) is 6.42 Å². The summed E-state index contributed by atoms with van der Waals surface area (Å²) in [4.78, 5) is 0. The molecule has 1 N–H and O–H groups in total. The minimum atomic E-state index is -4.52. The predicted octanol–water partition coefficient (Wildman–Crippen LogP) is 0.693. The molecular formula is C6H13FO3S. The highest BCUT2D eigenvalue weighted by Crippen LogP contribution is 2.07. The van der Waals surface area contributed by atoms with Gasteiger partial charge in [-0.1, -0.05) is 13.8 Å². The first-order chi connectivity index (χ1) is 4.81. The lowest BCUT2D eigenvalue weighted by atomic mass is 10.1. The molecule has 0 saturated carbocycles. The highest BCUT2D eigenvalue weighted by atomic mass is 32.3. The van der Waals surface area contributed by atoms with Crippen molar-refractivity contribution in [1.82, 2.24) is 0 Å². The van der Waals surface area contributed by atoms with Crippen molar-refractivity contribution in [2.75, 3.05) is 5.75 Å². The first-order valence-corrected chi connectivity index (χ1v) is 4.97. The van der Waals surface area contributed by atoms with Crippen LogP contribution in [-0.2, 0) is 10.2 Å². The second-order valence-corrected chi connectivity index (χ2v) is 4.40. The molecule has 0 aliphatic carbocycles. The van der Waals surface area contributed by atoms with Gasteiger partial charge >= 0.3 is 10.2 Å². The van der Waals surface area contributed by atoms with Gasteiger partial charge in [-0.3, -0.25) is 0 Å². The maximum atomic E-state index is 11.9. The molecule has 0 fully saturated rings. The summed E-state index contributed by atoms with van der Waals surface area (Å²) in [5.74, 6) is -0.614. The normalized spacial score (nSPS) is 15.4. The summed E-state index contributed by atoms with van der Waals surface area (Å²) >= 11 is 0. The molecule has 0 aliphatic rings. The minimum absolute atomic E-state index is 0.173. The van der Waals surface area contributed by atoms with Crippen molar-refractivity contribution in [3.8, 4) is 0 Å². The van der Waals surface area contributed by atoms with E-state index in [9.17, 15) is 12.3 Å². The van der Waals surface area contributed by atoms with Gasteiger partial charge in [0.05, 0.1) is 6.10 Å². The van der Waals surface area contributed by atoms with E-state index < -0.39 is 22.1 Å². The Labute approximate surface area is 66.4 Å². The lowest BCUT2D eigenvalue weighted by Gasteiger charge is -2.09. The van der Waals surface area contributed by atoms with E-state index in [0.717, 1.165) is 0 Å². The Hall–Kier alpha value is -0.160. The van der Waals surface area contributed by atoms with Crippen LogP contribution < -0.4 is 0 Å². The first kappa shape index (κ1) is 10.8. The van der Waals surface area contributed by atoms with E-state index in [4.69, 9.17) is 5.11 Å². The van der Waals surface area contributed by atoms with Gasteiger partial charge in [0.1, 0.15) is 5.75 Å². The Bertz CT molecular complexity index is 198. The van der Waals surface area contributed by atoms with Crippen molar-refractivity contribution in [2.24, 2.45) is 5.92 Å². The Morgan fingerprint density at radius 1 is 1.45 bits per heavy atom. The lowest BCUT2D eigenvalue weighted by Crippen LogP contribution is -2.19. The molecule has 0 amide bonds. The molecule has 5 heteroatoms. The van der Waals surface area contributed by atoms with E-state index in [-0.39, 0.29) is 5.92 Å². The molecule has 1 unspecified atom stereocenters.